The van der Waals surface area contributed by atoms with Crippen LogP contribution in [0.1, 0.15) is 38.5 Å². The summed E-state index contributed by atoms with van der Waals surface area (Å²) in [6.07, 6.45) is 8.76. The minimum atomic E-state index is 0.575. The summed E-state index contributed by atoms with van der Waals surface area (Å²) in [6, 6.07) is 1.46. The van der Waals surface area contributed by atoms with Gasteiger partial charge in [-0.3, -0.25) is 4.90 Å². The molecule has 17 heavy (non-hydrogen) atoms. The van der Waals surface area contributed by atoms with E-state index in [1.54, 1.807) is 0 Å². The molecule has 1 N–H and O–H groups in total. The summed E-state index contributed by atoms with van der Waals surface area (Å²) in [5.74, 6) is 1.00. The zero-order valence-electron chi connectivity index (χ0n) is 10.9. The van der Waals surface area contributed by atoms with Gasteiger partial charge < -0.3 is 10.1 Å². The van der Waals surface area contributed by atoms with Crippen LogP contribution < -0.4 is 5.32 Å². The number of hydrogen-bond donors (Lipinski definition) is 1. The van der Waals surface area contributed by atoms with Crippen LogP contribution in [0.4, 0.5) is 0 Å². The Labute approximate surface area is 105 Å². The Balaban J connectivity index is 1.53. The maximum Gasteiger partial charge on any atom is 0.0632 e. The van der Waals surface area contributed by atoms with Crippen molar-refractivity contribution < 1.29 is 4.74 Å². The molecule has 0 spiro atoms. The molecule has 3 heteroatoms. The Morgan fingerprint density at radius 1 is 1.12 bits per heavy atom. The molecule has 0 aromatic heterocycles. The number of nitrogens with one attached hydrogen (secondary N) is 1. The van der Waals surface area contributed by atoms with E-state index >= 15 is 0 Å². The number of hydrogen-bond acceptors (Lipinski definition) is 3. The van der Waals surface area contributed by atoms with Gasteiger partial charge in [-0.05, 0) is 38.1 Å². The lowest BCUT2D eigenvalue weighted by molar-refractivity contribution is 0.0553. The number of ether oxygens (including phenoxy) is 1. The zero-order chi connectivity index (χ0) is 11.5. The molecule has 2 aliphatic heterocycles. The van der Waals surface area contributed by atoms with E-state index in [2.05, 4.69) is 10.2 Å². The largest absolute Gasteiger partial charge is 0.378 e. The Morgan fingerprint density at radius 2 is 2.00 bits per heavy atom. The maximum absolute atomic E-state index is 5.56. The Hall–Kier alpha value is -0.120. The van der Waals surface area contributed by atoms with E-state index < -0.39 is 0 Å². The highest BCUT2D eigenvalue weighted by molar-refractivity contribution is 4.89. The van der Waals surface area contributed by atoms with Gasteiger partial charge in [0.1, 0.15) is 0 Å². The van der Waals surface area contributed by atoms with Crippen LogP contribution in [0, 0.1) is 5.92 Å². The van der Waals surface area contributed by atoms with Gasteiger partial charge in [-0.1, -0.05) is 12.8 Å². The fourth-order valence-electron chi connectivity index (χ4n) is 3.97. The maximum atomic E-state index is 5.56. The number of likely N-dealkylation sites (tertiary alicyclic amines) is 1. The van der Waals surface area contributed by atoms with Crippen LogP contribution in [-0.2, 0) is 4.74 Å². The van der Waals surface area contributed by atoms with Gasteiger partial charge >= 0.3 is 0 Å². The van der Waals surface area contributed by atoms with Crippen LogP contribution in [0.5, 0.6) is 0 Å². The molecule has 3 aliphatic rings. The third-order valence-electron chi connectivity index (χ3n) is 4.81. The fourth-order valence-corrected chi connectivity index (χ4v) is 3.97. The molecule has 3 rings (SSSR count). The first-order valence-corrected chi connectivity index (χ1v) is 7.48. The van der Waals surface area contributed by atoms with Gasteiger partial charge in [0, 0.05) is 25.2 Å². The Kier molecular flexibility index (Phi) is 3.99. The smallest absolute Gasteiger partial charge is 0.0632 e. The summed E-state index contributed by atoms with van der Waals surface area (Å²) in [6.45, 7) is 5.36. The van der Waals surface area contributed by atoms with Crippen molar-refractivity contribution in [2.75, 3.05) is 32.8 Å². The van der Waals surface area contributed by atoms with E-state index in [1.165, 1.54) is 51.6 Å². The Morgan fingerprint density at radius 3 is 2.76 bits per heavy atom. The SMILES string of the molecule is C1CCC(C2CCCN2CC2COCCN2)C1. The topological polar surface area (TPSA) is 24.5 Å². The first-order valence-electron chi connectivity index (χ1n) is 7.48. The average molecular weight is 238 g/mol. The van der Waals surface area contributed by atoms with Crippen molar-refractivity contribution in [2.24, 2.45) is 5.92 Å². The molecule has 3 nitrogen and oxygen atoms in total. The highest BCUT2D eigenvalue weighted by Crippen LogP contribution is 2.35. The molecule has 2 unspecified atom stereocenters. The second-order valence-electron chi connectivity index (χ2n) is 5.98. The third-order valence-corrected chi connectivity index (χ3v) is 4.81. The predicted octanol–water partition coefficient (Wildman–Crippen LogP) is 1.63. The quantitative estimate of drug-likeness (QED) is 0.809. The predicted molar refractivity (Wildman–Crippen MR) is 69.2 cm³/mol. The van der Waals surface area contributed by atoms with E-state index in [9.17, 15) is 0 Å². The van der Waals surface area contributed by atoms with Crippen LogP contribution in [0.3, 0.4) is 0 Å². The number of rotatable bonds is 3. The first-order chi connectivity index (χ1) is 8.43. The molecule has 1 saturated carbocycles. The lowest BCUT2D eigenvalue weighted by Crippen LogP contribution is -2.50. The normalized spacial score (nSPS) is 36.7. The van der Waals surface area contributed by atoms with Crippen molar-refractivity contribution in [3.63, 3.8) is 0 Å². The molecule has 2 atom stereocenters. The van der Waals surface area contributed by atoms with Crippen LogP contribution in [-0.4, -0.2) is 49.8 Å². The molecule has 0 bridgehead atoms. The molecule has 0 aromatic rings. The molecule has 0 radical (unpaired) electrons. The van der Waals surface area contributed by atoms with Crippen molar-refractivity contribution in [2.45, 2.75) is 50.6 Å². The minimum absolute atomic E-state index is 0.575. The standard InChI is InChI=1S/C14H26N2O/c1-2-5-12(4-1)14-6-3-8-16(14)10-13-11-17-9-7-15-13/h12-15H,1-11H2. The highest BCUT2D eigenvalue weighted by atomic mass is 16.5. The van der Waals surface area contributed by atoms with Gasteiger partial charge in [0.05, 0.1) is 13.2 Å². The van der Waals surface area contributed by atoms with Gasteiger partial charge in [-0.2, -0.15) is 0 Å². The number of morpholine rings is 1. The van der Waals surface area contributed by atoms with E-state index in [0.717, 1.165) is 31.7 Å². The second-order valence-corrected chi connectivity index (χ2v) is 5.98. The lowest BCUT2D eigenvalue weighted by Gasteiger charge is -2.34. The summed E-state index contributed by atoms with van der Waals surface area (Å²) in [7, 11) is 0. The van der Waals surface area contributed by atoms with Crippen LogP contribution >= 0.6 is 0 Å². The minimum Gasteiger partial charge on any atom is -0.378 e. The van der Waals surface area contributed by atoms with Gasteiger partial charge in [0.15, 0.2) is 0 Å². The molecule has 1 aliphatic carbocycles. The van der Waals surface area contributed by atoms with Crippen molar-refractivity contribution >= 4 is 0 Å². The molecule has 3 fully saturated rings. The summed E-state index contributed by atoms with van der Waals surface area (Å²) in [4.78, 5) is 2.75. The zero-order valence-corrected chi connectivity index (χ0v) is 10.9. The summed E-state index contributed by atoms with van der Waals surface area (Å²) >= 11 is 0. The van der Waals surface area contributed by atoms with Crippen molar-refractivity contribution in [3.8, 4) is 0 Å². The molecule has 2 heterocycles. The van der Waals surface area contributed by atoms with E-state index in [4.69, 9.17) is 4.74 Å². The third kappa shape index (κ3) is 2.83. The molecule has 98 valence electrons. The van der Waals surface area contributed by atoms with Gasteiger partial charge in [-0.15, -0.1) is 0 Å². The van der Waals surface area contributed by atoms with E-state index in [0.29, 0.717) is 6.04 Å². The van der Waals surface area contributed by atoms with Gasteiger partial charge in [-0.25, -0.2) is 0 Å². The van der Waals surface area contributed by atoms with Crippen LogP contribution in [0.25, 0.3) is 0 Å². The second kappa shape index (κ2) is 5.68. The van der Waals surface area contributed by atoms with Crippen LogP contribution in [0.2, 0.25) is 0 Å². The average Bonchev–Trinajstić information content (AvgIpc) is 3.00. The van der Waals surface area contributed by atoms with E-state index in [-0.39, 0.29) is 0 Å². The lowest BCUT2D eigenvalue weighted by atomic mass is 9.96. The fraction of sp³-hybridized carbons (Fsp3) is 1.00. The van der Waals surface area contributed by atoms with Crippen molar-refractivity contribution in [3.05, 3.63) is 0 Å². The van der Waals surface area contributed by atoms with Crippen molar-refractivity contribution in [1.29, 1.82) is 0 Å². The van der Waals surface area contributed by atoms with Crippen molar-refractivity contribution in [1.82, 2.24) is 10.2 Å². The van der Waals surface area contributed by atoms with E-state index in [1.807, 2.05) is 0 Å². The first kappa shape index (κ1) is 11.9. The molecule has 0 amide bonds. The van der Waals surface area contributed by atoms with Crippen LogP contribution in [0.15, 0.2) is 0 Å². The monoisotopic (exact) mass is 238 g/mol. The number of nitrogens with zero attached hydrogens (tertiary/aromatic N) is 1. The molecular weight excluding hydrogens is 212 g/mol. The Bertz CT molecular complexity index is 234. The van der Waals surface area contributed by atoms with Gasteiger partial charge in [0.25, 0.3) is 0 Å². The summed E-state index contributed by atoms with van der Waals surface area (Å²) in [5, 5.41) is 3.59. The molecule has 2 saturated heterocycles. The summed E-state index contributed by atoms with van der Waals surface area (Å²) in [5.41, 5.74) is 0. The van der Waals surface area contributed by atoms with Gasteiger partial charge in [0.2, 0.25) is 0 Å². The molecular formula is C14H26N2O. The summed E-state index contributed by atoms with van der Waals surface area (Å²) < 4.78 is 5.56. The molecule has 0 aromatic carbocycles. The highest BCUT2D eigenvalue weighted by Gasteiger charge is 2.34.